The summed E-state index contributed by atoms with van der Waals surface area (Å²) in [4.78, 5) is 41.0. The van der Waals surface area contributed by atoms with Crippen LogP contribution in [0.2, 0.25) is 0 Å². The molecule has 0 saturated carbocycles. The topological polar surface area (TPSA) is 139 Å². The Labute approximate surface area is 184 Å². The van der Waals surface area contributed by atoms with Crippen LogP contribution in [0.1, 0.15) is 35.0 Å². The number of rotatable bonds is 8. The molecule has 3 rings (SSSR count). The lowest BCUT2D eigenvalue weighted by Crippen LogP contribution is -2.36. The van der Waals surface area contributed by atoms with Crippen molar-refractivity contribution in [2.45, 2.75) is 32.5 Å². The van der Waals surface area contributed by atoms with E-state index in [2.05, 4.69) is 15.6 Å². The van der Waals surface area contributed by atoms with E-state index in [1.54, 1.807) is 31.2 Å². The number of carboxylic acid groups (broad SMARTS) is 1. The van der Waals surface area contributed by atoms with E-state index < -0.39 is 23.6 Å². The lowest BCUT2D eigenvalue weighted by atomic mass is 10.0. The minimum absolute atomic E-state index is 0.00316. The standard InChI is InChI=1S/C23H25N5O4/c1-15-25-13-20(22(31)28(15)14-17-5-3-2-4-6-17)27-23(32)26-19(11-21(29)30)18-9-7-16(12-24)8-10-18/h2-10,13,19H,11-12,14,24H2,1H3,(H,29,30)(H2,26,27,32)/t19-/m0/s1. The number of urea groups is 1. The third kappa shape index (κ3) is 5.79. The number of nitrogens with one attached hydrogen (secondary N) is 2. The molecule has 2 amide bonds. The Morgan fingerprint density at radius 2 is 1.78 bits per heavy atom. The van der Waals surface area contributed by atoms with Gasteiger partial charge in [0.1, 0.15) is 11.5 Å². The smallest absolute Gasteiger partial charge is 0.319 e. The van der Waals surface area contributed by atoms with Crippen LogP contribution in [-0.4, -0.2) is 26.7 Å². The normalized spacial score (nSPS) is 11.6. The van der Waals surface area contributed by atoms with Crippen molar-refractivity contribution in [1.29, 1.82) is 0 Å². The van der Waals surface area contributed by atoms with Crippen LogP contribution in [0.5, 0.6) is 0 Å². The zero-order chi connectivity index (χ0) is 23.1. The number of nitrogens with zero attached hydrogens (tertiary/aromatic N) is 2. The number of anilines is 1. The van der Waals surface area contributed by atoms with Gasteiger partial charge in [-0.1, -0.05) is 54.6 Å². The highest BCUT2D eigenvalue weighted by atomic mass is 16.4. The zero-order valence-corrected chi connectivity index (χ0v) is 17.6. The zero-order valence-electron chi connectivity index (χ0n) is 17.6. The van der Waals surface area contributed by atoms with Crippen molar-refractivity contribution >= 4 is 17.7 Å². The van der Waals surface area contributed by atoms with E-state index in [-0.39, 0.29) is 12.1 Å². The third-order valence-electron chi connectivity index (χ3n) is 4.98. The van der Waals surface area contributed by atoms with Crippen molar-refractivity contribution in [3.05, 3.63) is 93.7 Å². The largest absolute Gasteiger partial charge is 0.481 e. The van der Waals surface area contributed by atoms with Crippen LogP contribution in [0.25, 0.3) is 0 Å². The molecule has 166 valence electrons. The van der Waals surface area contributed by atoms with Crippen molar-refractivity contribution in [2.75, 3.05) is 5.32 Å². The van der Waals surface area contributed by atoms with Gasteiger partial charge in [0.2, 0.25) is 0 Å². The van der Waals surface area contributed by atoms with Gasteiger partial charge in [-0.05, 0) is 23.6 Å². The first-order valence-corrected chi connectivity index (χ1v) is 10.1. The molecule has 1 atom stereocenters. The van der Waals surface area contributed by atoms with Gasteiger partial charge in [0, 0.05) is 6.54 Å². The number of carbonyl (C=O) groups is 2. The molecule has 0 saturated heterocycles. The van der Waals surface area contributed by atoms with E-state index in [0.717, 1.165) is 11.1 Å². The maximum Gasteiger partial charge on any atom is 0.319 e. The van der Waals surface area contributed by atoms with Crippen LogP contribution in [0, 0.1) is 6.92 Å². The minimum atomic E-state index is -1.07. The highest BCUT2D eigenvalue weighted by molar-refractivity contribution is 5.89. The maximum absolute atomic E-state index is 12.9. The van der Waals surface area contributed by atoms with Crippen LogP contribution in [0.3, 0.4) is 0 Å². The summed E-state index contributed by atoms with van der Waals surface area (Å²) in [6.45, 7) is 2.38. The van der Waals surface area contributed by atoms with Crippen molar-refractivity contribution in [3.63, 3.8) is 0 Å². The summed E-state index contributed by atoms with van der Waals surface area (Å²) < 4.78 is 1.46. The average Bonchev–Trinajstić information content (AvgIpc) is 2.78. The molecule has 32 heavy (non-hydrogen) atoms. The second kappa shape index (κ2) is 10.4. The number of amides is 2. The lowest BCUT2D eigenvalue weighted by Gasteiger charge is -2.18. The van der Waals surface area contributed by atoms with E-state index in [1.165, 1.54) is 10.8 Å². The maximum atomic E-state index is 12.9. The summed E-state index contributed by atoms with van der Waals surface area (Å²) in [5, 5.41) is 14.4. The summed E-state index contributed by atoms with van der Waals surface area (Å²) in [7, 11) is 0. The van der Waals surface area contributed by atoms with Gasteiger partial charge >= 0.3 is 12.0 Å². The summed E-state index contributed by atoms with van der Waals surface area (Å²) >= 11 is 0. The molecule has 0 bridgehead atoms. The van der Waals surface area contributed by atoms with Gasteiger partial charge in [-0.2, -0.15) is 0 Å². The van der Waals surface area contributed by atoms with Crippen LogP contribution in [-0.2, 0) is 17.9 Å². The second-order valence-electron chi connectivity index (χ2n) is 7.29. The number of aromatic nitrogens is 2. The number of nitrogens with two attached hydrogens (primary N) is 1. The van der Waals surface area contributed by atoms with Crippen molar-refractivity contribution in [2.24, 2.45) is 5.73 Å². The fourth-order valence-corrected chi connectivity index (χ4v) is 3.24. The van der Waals surface area contributed by atoms with Crippen LogP contribution < -0.4 is 21.9 Å². The van der Waals surface area contributed by atoms with E-state index >= 15 is 0 Å². The Morgan fingerprint density at radius 3 is 2.41 bits per heavy atom. The lowest BCUT2D eigenvalue weighted by molar-refractivity contribution is -0.137. The highest BCUT2D eigenvalue weighted by Gasteiger charge is 2.19. The first-order chi connectivity index (χ1) is 15.4. The number of carbonyl (C=O) groups excluding carboxylic acids is 1. The third-order valence-corrected chi connectivity index (χ3v) is 4.98. The Hall–Kier alpha value is -3.98. The highest BCUT2D eigenvalue weighted by Crippen LogP contribution is 2.18. The molecule has 0 aliphatic carbocycles. The number of aliphatic carboxylic acids is 1. The van der Waals surface area contributed by atoms with E-state index in [0.29, 0.717) is 24.5 Å². The SMILES string of the molecule is Cc1ncc(NC(=O)N[C@@H](CC(=O)O)c2ccc(CN)cc2)c(=O)n1Cc1ccccc1. The van der Waals surface area contributed by atoms with Gasteiger partial charge < -0.3 is 21.5 Å². The fourth-order valence-electron chi connectivity index (χ4n) is 3.24. The van der Waals surface area contributed by atoms with E-state index in [9.17, 15) is 19.5 Å². The van der Waals surface area contributed by atoms with Crippen molar-refractivity contribution in [1.82, 2.24) is 14.9 Å². The first kappa shape index (κ1) is 22.7. The molecule has 2 aromatic carbocycles. The Bertz CT molecular complexity index is 1140. The molecule has 0 aliphatic heterocycles. The molecule has 5 N–H and O–H groups in total. The van der Waals surface area contributed by atoms with Gasteiger partial charge in [-0.25, -0.2) is 9.78 Å². The molecule has 1 aromatic heterocycles. The van der Waals surface area contributed by atoms with E-state index in [1.807, 2.05) is 30.3 Å². The number of hydrogen-bond acceptors (Lipinski definition) is 5. The van der Waals surface area contributed by atoms with Gasteiger partial charge in [0.05, 0.1) is 25.2 Å². The second-order valence-corrected chi connectivity index (χ2v) is 7.29. The fraction of sp³-hybridized carbons (Fsp3) is 0.217. The first-order valence-electron chi connectivity index (χ1n) is 10.1. The molecule has 9 heteroatoms. The number of benzene rings is 2. The van der Waals surface area contributed by atoms with Crippen LogP contribution in [0.15, 0.2) is 65.6 Å². The predicted octanol–water partition coefficient (Wildman–Crippen LogP) is 2.40. The number of hydrogen-bond donors (Lipinski definition) is 4. The van der Waals surface area contributed by atoms with Gasteiger partial charge in [0.25, 0.3) is 5.56 Å². The van der Waals surface area contributed by atoms with Gasteiger partial charge in [0.15, 0.2) is 0 Å². The van der Waals surface area contributed by atoms with E-state index in [4.69, 9.17) is 5.73 Å². The minimum Gasteiger partial charge on any atom is -0.481 e. The van der Waals surface area contributed by atoms with Crippen molar-refractivity contribution < 1.29 is 14.7 Å². The van der Waals surface area contributed by atoms with Crippen molar-refractivity contribution in [3.8, 4) is 0 Å². The van der Waals surface area contributed by atoms with Crippen LogP contribution in [0.4, 0.5) is 10.5 Å². The monoisotopic (exact) mass is 435 g/mol. The number of aryl methyl sites for hydroxylation is 1. The summed E-state index contributed by atoms with van der Waals surface area (Å²) in [5.41, 5.74) is 7.61. The molecule has 3 aromatic rings. The Kier molecular flexibility index (Phi) is 7.35. The molecule has 1 heterocycles. The van der Waals surface area contributed by atoms with Gasteiger partial charge in [-0.15, -0.1) is 0 Å². The van der Waals surface area contributed by atoms with Gasteiger partial charge in [-0.3, -0.25) is 14.2 Å². The molecule has 0 spiro atoms. The Morgan fingerprint density at radius 1 is 1.09 bits per heavy atom. The predicted molar refractivity (Wildman–Crippen MR) is 120 cm³/mol. The molecule has 9 nitrogen and oxygen atoms in total. The summed E-state index contributed by atoms with van der Waals surface area (Å²) in [5.74, 6) is -0.561. The summed E-state index contributed by atoms with van der Waals surface area (Å²) in [6, 6.07) is 14.9. The summed E-state index contributed by atoms with van der Waals surface area (Å²) in [6.07, 6.45) is 0.973. The Balaban J connectivity index is 1.78. The molecular weight excluding hydrogens is 410 g/mol. The molecule has 0 aliphatic rings. The molecular formula is C23H25N5O4. The number of carboxylic acids is 1. The molecule has 0 radical (unpaired) electrons. The average molecular weight is 435 g/mol. The quantitative estimate of drug-likeness (QED) is 0.428. The molecule has 0 fully saturated rings. The molecule has 0 unspecified atom stereocenters. The van der Waals surface area contributed by atoms with Crippen LogP contribution >= 0.6 is 0 Å².